The van der Waals surface area contributed by atoms with Crippen LogP contribution >= 0.6 is 0 Å². The van der Waals surface area contributed by atoms with Crippen molar-refractivity contribution >= 4 is 0 Å². The van der Waals surface area contributed by atoms with Crippen LogP contribution in [0.15, 0.2) is 42.5 Å². The van der Waals surface area contributed by atoms with Crippen molar-refractivity contribution in [2.24, 2.45) is 0 Å². The van der Waals surface area contributed by atoms with Gasteiger partial charge in [-0.15, -0.1) is 0 Å². The molecule has 0 heterocycles. The molecule has 0 aromatic heterocycles. The van der Waals surface area contributed by atoms with Crippen LogP contribution in [0, 0.1) is 0 Å². The quantitative estimate of drug-likeness (QED) is 0.703. The van der Waals surface area contributed by atoms with E-state index in [9.17, 15) is 5.11 Å². The molecule has 2 aromatic carbocycles. The van der Waals surface area contributed by atoms with Gasteiger partial charge in [0.15, 0.2) is 0 Å². The molecule has 3 rings (SSSR count). The minimum atomic E-state index is -0.00926. The Morgan fingerprint density at radius 3 is 2.38 bits per heavy atom. The molecule has 1 aliphatic carbocycles. The van der Waals surface area contributed by atoms with Crippen molar-refractivity contribution < 1.29 is 5.11 Å². The molecule has 0 spiro atoms. The summed E-state index contributed by atoms with van der Waals surface area (Å²) >= 11 is 0. The van der Waals surface area contributed by atoms with Crippen LogP contribution in [0.5, 0.6) is 5.75 Å². The fourth-order valence-electron chi connectivity index (χ4n) is 2.69. The molecule has 0 fully saturated rings. The number of phenolic OH excluding ortho intramolecular Hbond substituents is 1. The molecule has 1 N–H and O–H groups in total. The first kappa shape index (κ1) is 9.46. The van der Waals surface area contributed by atoms with E-state index in [2.05, 4.69) is 38.1 Å². The van der Waals surface area contributed by atoms with Gasteiger partial charge in [0.1, 0.15) is 5.75 Å². The van der Waals surface area contributed by atoms with Crippen LogP contribution in [0.1, 0.15) is 25.0 Å². The fraction of sp³-hybridized carbons (Fsp3) is 0.200. The second kappa shape index (κ2) is 2.88. The molecular formula is C15H14O. The van der Waals surface area contributed by atoms with Crippen LogP contribution in [0.3, 0.4) is 0 Å². The highest BCUT2D eigenvalue weighted by atomic mass is 16.3. The number of benzene rings is 2. The lowest BCUT2D eigenvalue weighted by Gasteiger charge is -2.21. The molecule has 0 saturated heterocycles. The third kappa shape index (κ3) is 1.06. The Balaban J connectivity index is 2.39. The predicted molar refractivity (Wildman–Crippen MR) is 65.7 cm³/mol. The molecule has 0 atom stereocenters. The number of hydrogen-bond donors (Lipinski definition) is 1. The molecule has 1 nitrogen and oxygen atoms in total. The average Bonchev–Trinajstić information content (AvgIpc) is 2.49. The zero-order chi connectivity index (χ0) is 11.3. The standard InChI is InChI=1S/C15H14O/c1-15(2)13-6-4-3-5-11(13)12-8-7-10(16)9-14(12)15/h3-9,16H,1-2H3. The molecule has 0 aliphatic heterocycles. The van der Waals surface area contributed by atoms with E-state index in [0.717, 1.165) is 0 Å². The van der Waals surface area contributed by atoms with Crippen LogP contribution in [-0.2, 0) is 5.41 Å². The Morgan fingerprint density at radius 2 is 1.56 bits per heavy atom. The summed E-state index contributed by atoms with van der Waals surface area (Å²) in [4.78, 5) is 0. The lowest BCUT2D eigenvalue weighted by molar-refractivity contribution is 0.473. The van der Waals surface area contributed by atoms with E-state index >= 15 is 0 Å². The highest BCUT2D eigenvalue weighted by molar-refractivity contribution is 5.81. The van der Waals surface area contributed by atoms with E-state index in [1.807, 2.05) is 12.1 Å². The van der Waals surface area contributed by atoms with E-state index < -0.39 is 0 Å². The molecular weight excluding hydrogens is 196 g/mol. The smallest absolute Gasteiger partial charge is 0.115 e. The monoisotopic (exact) mass is 210 g/mol. The number of fused-ring (bicyclic) bond motifs is 3. The van der Waals surface area contributed by atoms with Crippen molar-refractivity contribution in [1.82, 2.24) is 0 Å². The highest BCUT2D eigenvalue weighted by Crippen LogP contribution is 2.49. The second-order valence-corrected chi connectivity index (χ2v) is 4.90. The van der Waals surface area contributed by atoms with Crippen LogP contribution in [0.4, 0.5) is 0 Å². The van der Waals surface area contributed by atoms with Gasteiger partial charge in [0.05, 0.1) is 0 Å². The molecule has 1 heteroatoms. The van der Waals surface area contributed by atoms with Crippen LogP contribution in [0.25, 0.3) is 11.1 Å². The summed E-state index contributed by atoms with van der Waals surface area (Å²) in [6.45, 7) is 4.41. The van der Waals surface area contributed by atoms with Crippen molar-refractivity contribution in [3.8, 4) is 16.9 Å². The summed E-state index contributed by atoms with van der Waals surface area (Å²) in [7, 11) is 0. The van der Waals surface area contributed by atoms with Crippen molar-refractivity contribution in [3.63, 3.8) is 0 Å². The third-order valence-electron chi connectivity index (χ3n) is 3.57. The molecule has 0 unspecified atom stereocenters. The van der Waals surface area contributed by atoms with Crippen LogP contribution in [-0.4, -0.2) is 5.11 Å². The maximum atomic E-state index is 9.61. The summed E-state index contributed by atoms with van der Waals surface area (Å²) in [5.74, 6) is 0.347. The largest absolute Gasteiger partial charge is 0.508 e. The van der Waals surface area contributed by atoms with Gasteiger partial charge in [0.2, 0.25) is 0 Å². The topological polar surface area (TPSA) is 20.2 Å². The molecule has 1 aliphatic rings. The highest BCUT2D eigenvalue weighted by Gasteiger charge is 2.34. The van der Waals surface area contributed by atoms with E-state index in [-0.39, 0.29) is 5.41 Å². The van der Waals surface area contributed by atoms with Gasteiger partial charge in [-0.2, -0.15) is 0 Å². The molecule has 16 heavy (non-hydrogen) atoms. The molecule has 2 aromatic rings. The lowest BCUT2D eigenvalue weighted by atomic mass is 9.82. The third-order valence-corrected chi connectivity index (χ3v) is 3.57. The molecule has 80 valence electrons. The number of aromatic hydroxyl groups is 1. The molecule has 0 saturated carbocycles. The van der Waals surface area contributed by atoms with E-state index in [4.69, 9.17) is 0 Å². The van der Waals surface area contributed by atoms with Gasteiger partial charge in [0.25, 0.3) is 0 Å². The number of phenols is 1. The second-order valence-electron chi connectivity index (χ2n) is 4.90. The minimum Gasteiger partial charge on any atom is -0.508 e. The zero-order valence-corrected chi connectivity index (χ0v) is 9.49. The van der Waals surface area contributed by atoms with Gasteiger partial charge in [-0.05, 0) is 34.4 Å². The minimum absolute atomic E-state index is 0.00926. The summed E-state index contributed by atoms with van der Waals surface area (Å²) in [6.07, 6.45) is 0. The summed E-state index contributed by atoms with van der Waals surface area (Å²) in [5, 5.41) is 9.61. The van der Waals surface area contributed by atoms with Crippen molar-refractivity contribution in [2.75, 3.05) is 0 Å². The van der Waals surface area contributed by atoms with Gasteiger partial charge in [-0.3, -0.25) is 0 Å². The molecule has 0 bridgehead atoms. The first-order valence-corrected chi connectivity index (χ1v) is 5.54. The normalized spacial score (nSPS) is 15.6. The first-order valence-electron chi connectivity index (χ1n) is 5.54. The predicted octanol–water partition coefficient (Wildman–Crippen LogP) is 3.70. The Morgan fingerprint density at radius 1 is 0.875 bits per heavy atom. The Labute approximate surface area is 95.4 Å². The SMILES string of the molecule is CC1(C)c2ccccc2-c2ccc(O)cc21. The Kier molecular flexibility index (Phi) is 1.70. The van der Waals surface area contributed by atoms with Crippen molar-refractivity contribution in [2.45, 2.75) is 19.3 Å². The van der Waals surface area contributed by atoms with Crippen molar-refractivity contribution in [3.05, 3.63) is 53.6 Å². The average molecular weight is 210 g/mol. The van der Waals surface area contributed by atoms with Gasteiger partial charge < -0.3 is 5.11 Å². The van der Waals surface area contributed by atoms with E-state index in [1.54, 1.807) is 6.07 Å². The zero-order valence-electron chi connectivity index (χ0n) is 9.49. The van der Waals surface area contributed by atoms with Gasteiger partial charge in [-0.25, -0.2) is 0 Å². The van der Waals surface area contributed by atoms with Gasteiger partial charge in [-0.1, -0.05) is 44.2 Å². The van der Waals surface area contributed by atoms with E-state index in [0.29, 0.717) is 5.75 Å². The maximum absolute atomic E-state index is 9.61. The molecule has 0 radical (unpaired) electrons. The van der Waals surface area contributed by atoms with Gasteiger partial charge in [0, 0.05) is 5.41 Å². The first-order chi connectivity index (χ1) is 7.60. The van der Waals surface area contributed by atoms with Gasteiger partial charge >= 0.3 is 0 Å². The van der Waals surface area contributed by atoms with Crippen LogP contribution < -0.4 is 0 Å². The Bertz CT molecular complexity index is 567. The molecule has 0 amide bonds. The summed E-state index contributed by atoms with van der Waals surface area (Å²) in [5.41, 5.74) is 5.09. The summed E-state index contributed by atoms with van der Waals surface area (Å²) < 4.78 is 0. The van der Waals surface area contributed by atoms with E-state index in [1.165, 1.54) is 22.3 Å². The lowest BCUT2D eigenvalue weighted by Crippen LogP contribution is -2.14. The fourth-order valence-corrected chi connectivity index (χ4v) is 2.69. The number of hydrogen-bond acceptors (Lipinski definition) is 1. The Hall–Kier alpha value is -1.76. The maximum Gasteiger partial charge on any atom is 0.115 e. The van der Waals surface area contributed by atoms with Crippen molar-refractivity contribution in [1.29, 1.82) is 0 Å². The summed E-state index contributed by atoms with van der Waals surface area (Å²) in [6, 6.07) is 14.1. The number of rotatable bonds is 0. The van der Waals surface area contributed by atoms with Crippen LogP contribution in [0.2, 0.25) is 0 Å².